The van der Waals surface area contributed by atoms with Crippen molar-refractivity contribution >= 4 is 11.9 Å². The van der Waals surface area contributed by atoms with E-state index in [4.69, 9.17) is 43.6 Å². The number of carbonyl (C=O) groups excluding carboxylic acids is 2. The highest BCUT2D eigenvalue weighted by Crippen LogP contribution is 2.32. The van der Waals surface area contributed by atoms with E-state index >= 15 is 0 Å². The molecule has 1 rings (SSSR count). The molecule has 0 aliphatic heterocycles. The molecule has 0 aromatic heterocycles. The number of rotatable bonds is 25. The molecule has 38 heavy (non-hydrogen) atoms. The summed E-state index contributed by atoms with van der Waals surface area (Å²) in [5.41, 5.74) is 6.49. The third kappa shape index (κ3) is 16.4. The van der Waals surface area contributed by atoms with Crippen LogP contribution in [0.3, 0.4) is 0 Å². The van der Waals surface area contributed by atoms with Crippen LogP contribution in [0, 0.1) is 6.92 Å². The molecule has 0 saturated carbocycles. The number of ether oxygens (including phenoxy) is 8. The van der Waals surface area contributed by atoms with Crippen LogP contribution in [-0.4, -0.2) is 112 Å². The summed E-state index contributed by atoms with van der Waals surface area (Å²) in [4.78, 5) is 23.2. The number of methoxy groups -OCH3 is 1. The Kier molecular flexibility index (Phi) is 19.9. The lowest BCUT2D eigenvalue weighted by atomic mass is 10.1. The second-order valence-corrected chi connectivity index (χ2v) is 8.05. The number of aryl methyl sites for hydroxylation is 1. The first-order chi connectivity index (χ1) is 18.5. The third-order valence-corrected chi connectivity index (χ3v) is 4.96. The zero-order valence-corrected chi connectivity index (χ0v) is 22.9. The van der Waals surface area contributed by atoms with Crippen LogP contribution in [0.25, 0.3) is 0 Å². The second-order valence-electron chi connectivity index (χ2n) is 8.05. The number of benzene rings is 1. The Morgan fingerprint density at radius 1 is 0.789 bits per heavy atom. The van der Waals surface area contributed by atoms with E-state index in [1.807, 2.05) is 14.0 Å². The van der Waals surface area contributed by atoms with Gasteiger partial charge in [-0.2, -0.15) is 0 Å². The fraction of sp³-hybridized carbons (Fsp3) is 0.692. The van der Waals surface area contributed by atoms with Crippen LogP contribution in [0.5, 0.6) is 11.5 Å². The number of nitrogens with two attached hydrogens (primary N) is 1. The maximum absolute atomic E-state index is 11.7. The number of nitrogens with one attached hydrogen (secondary N) is 1. The van der Waals surface area contributed by atoms with Gasteiger partial charge in [0.25, 0.3) is 0 Å². The average molecular weight is 545 g/mol. The van der Waals surface area contributed by atoms with E-state index in [1.54, 1.807) is 19.2 Å². The standard InChI is InChI=1S/C26H44N2O10/c1-21-19-22(26(27)30)20-23(25(21)38-18-15-35-10-9-32-8-7-31-3)36-16-13-33-11-12-34-14-17-37-24(29)5-4-6-28-2/h19-20,28H,4-18H2,1-3H3,(H2,27,30). The lowest BCUT2D eigenvalue weighted by Crippen LogP contribution is -2.16. The summed E-state index contributed by atoms with van der Waals surface area (Å²) in [6, 6.07) is 3.21. The fourth-order valence-corrected chi connectivity index (χ4v) is 3.07. The molecule has 1 aromatic rings. The first-order valence-corrected chi connectivity index (χ1v) is 12.8. The van der Waals surface area contributed by atoms with Crippen molar-refractivity contribution < 1.29 is 47.5 Å². The monoisotopic (exact) mass is 544 g/mol. The summed E-state index contributed by atoms with van der Waals surface area (Å²) in [6.45, 7) is 7.00. The minimum absolute atomic E-state index is 0.215. The van der Waals surface area contributed by atoms with E-state index in [9.17, 15) is 9.59 Å². The molecule has 12 heteroatoms. The summed E-state index contributed by atoms with van der Waals surface area (Å²) in [7, 11) is 3.46. The summed E-state index contributed by atoms with van der Waals surface area (Å²) >= 11 is 0. The normalized spacial score (nSPS) is 10.9. The average Bonchev–Trinajstić information content (AvgIpc) is 2.89. The van der Waals surface area contributed by atoms with Gasteiger partial charge in [-0.25, -0.2) is 0 Å². The molecule has 3 N–H and O–H groups in total. The highest BCUT2D eigenvalue weighted by molar-refractivity contribution is 5.93. The molecule has 1 amide bonds. The number of carbonyl (C=O) groups is 2. The van der Waals surface area contributed by atoms with Gasteiger partial charge in [0.2, 0.25) is 5.91 Å². The molecular formula is C26H44N2O10. The van der Waals surface area contributed by atoms with Gasteiger partial charge in [0.15, 0.2) is 11.5 Å². The van der Waals surface area contributed by atoms with Gasteiger partial charge in [0.1, 0.15) is 19.8 Å². The van der Waals surface area contributed by atoms with Gasteiger partial charge >= 0.3 is 5.97 Å². The first-order valence-electron chi connectivity index (χ1n) is 12.8. The first kappa shape index (κ1) is 33.5. The van der Waals surface area contributed by atoms with Gasteiger partial charge in [0.05, 0.1) is 59.5 Å². The van der Waals surface area contributed by atoms with E-state index < -0.39 is 5.91 Å². The maximum Gasteiger partial charge on any atom is 0.305 e. The van der Waals surface area contributed by atoms with Gasteiger partial charge in [-0.05, 0) is 44.6 Å². The van der Waals surface area contributed by atoms with Crippen molar-refractivity contribution in [3.05, 3.63) is 23.3 Å². The van der Waals surface area contributed by atoms with Crippen LogP contribution < -0.4 is 20.5 Å². The lowest BCUT2D eigenvalue weighted by Gasteiger charge is -2.16. The zero-order valence-electron chi connectivity index (χ0n) is 22.9. The second kappa shape index (κ2) is 22.5. The molecule has 0 fully saturated rings. The van der Waals surface area contributed by atoms with Crippen molar-refractivity contribution in [1.82, 2.24) is 5.32 Å². The zero-order chi connectivity index (χ0) is 27.8. The van der Waals surface area contributed by atoms with Gasteiger partial charge < -0.3 is 48.9 Å². The van der Waals surface area contributed by atoms with E-state index in [-0.39, 0.29) is 19.2 Å². The molecule has 0 atom stereocenters. The molecular weight excluding hydrogens is 500 g/mol. The molecule has 1 aromatic carbocycles. The predicted molar refractivity (Wildman–Crippen MR) is 140 cm³/mol. The maximum atomic E-state index is 11.7. The highest BCUT2D eigenvalue weighted by Gasteiger charge is 2.14. The topological polar surface area (TPSA) is 146 Å². The summed E-state index contributed by atoms with van der Waals surface area (Å²) in [5, 5.41) is 2.98. The number of hydrogen-bond donors (Lipinski definition) is 2. The number of amides is 1. The summed E-state index contributed by atoms with van der Waals surface area (Å²) in [6.07, 6.45) is 1.13. The van der Waals surface area contributed by atoms with Crippen molar-refractivity contribution in [3.63, 3.8) is 0 Å². The Morgan fingerprint density at radius 3 is 1.92 bits per heavy atom. The molecule has 0 radical (unpaired) electrons. The van der Waals surface area contributed by atoms with Gasteiger partial charge in [0, 0.05) is 19.1 Å². The van der Waals surface area contributed by atoms with Crippen LogP contribution >= 0.6 is 0 Å². The number of hydrogen-bond acceptors (Lipinski definition) is 11. The van der Waals surface area contributed by atoms with Crippen molar-refractivity contribution in [2.75, 3.05) is 100.0 Å². The van der Waals surface area contributed by atoms with Crippen LogP contribution in [-0.2, 0) is 33.2 Å². The van der Waals surface area contributed by atoms with Gasteiger partial charge in [-0.15, -0.1) is 0 Å². The SMILES string of the molecule is CNCCCC(=O)OCCOCCOCCOc1cc(C(N)=O)cc(C)c1OCCOCCOCCOC. The quantitative estimate of drug-likeness (QED) is 0.135. The van der Waals surface area contributed by atoms with Crippen molar-refractivity contribution in [2.24, 2.45) is 5.73 Å². The molecule has 0 spiro atoms. The van der Waals surface area contributed by atoms with Crippen molar-refractivity contribution in [1.29, 1.82) is 0 Å². The Balaban J connectivity index is 2.28. The molecule has 0 aliphatic rings. The molecule has 0 aliphatic carbocycles. The largest absolute Gasteiger partial charge is 0.487 e. The van der Waals surface area contributed by atoms with Crippen LogP contribution in [0.15, 0.2) is 12.1 Å². The molecule has 0 bridgehead atoms. The minimum atomic E-state index is -0.557. The van der Waals surface area contributed by atoms with Gasteiger partial charge in [-0.3, -0.25) is 9.59 Å². The van der Waals surface area contributed by atoms with Crippen LogP contribution in [0.4, 0.5) is 0 Å². The smallest absolute Gasteiger partial charge is 0.305 e. The number of esters is 1. The number of primary amides is 1. The fourth-order valence-electron chi connectivity index (χ4n) is 3.07. The molecule has 0 unspecified atom stereocenters. The Bertz CT molecular complexity index is 779. The lowest BCUT2D eigenvalue weighted by molar-refractivity contribution is -0.145. The summed E-state index contributed by atoms with van der Waals surface area (Å²) in [5.74, 6) is 0.127. The van der Waals surface area contributed by atoms with E-state index in [2.05, 4.69) is 5.32 Å². The minimum Gasteiger partial charge on any atom is -0.487 e. The molecule has 0 saturated heterocycles. The molecule has 12 nitrogen and oxygen atoms in total. The van der Waals surface area contributed by atoms with E-state index in [1.165, 1.54) is 0 Å². The Hall–Kier alpha value is -2.48. The van der Waals surface area contributed by atoms with Crippen molar-refractivity contribution in [2.45, 2.75) is 19.8 Å². The Labute approximate surface area is 225 Å². The third-order valence-electron chi connectivity index (χ3n) is 4.96. The van der Waals surface area contributed by atoms with Crippen LogP contribution in [0.2, 0.25) is 0 Å². The van der Waals surface area contributed by atoms with Crippen molar-refractivity contribution in [3.8, 4) is 11.5 Å². The van der Waals surface area contributed by atoms with E-state index in [0.29, 0.717) is 89.6 Å². The molecule has 218 valence electrons. The molecule has 0 heterocycles. The summed E-state index contributed by atoms with van der Waals surface area (Å²) < 4.78 is 43.4. The predicted octanol–water partition coefficient (Wildman–Crippen LogP) is 1.11. The Morgan fingerprint density at radius 2 is 1.34 bits per heavy atom. The van der Waals surface area contributed by atoms with Crippen LogP contribution in [0.1, 0.15) is 28.8 Å². The highest BCUT2D eigenvalue weighted by atomic mass is 16.6. The van der Waals surface area contributed by atoms with Gasteiger partial charge in [-0.1, -0.05) is 0 Å². The van der Waals surface area contributed by atoms with E-state index in [0.717, 1.165) is 18.5 Å².